The maximum Gasteiger partial charge on any atom is 0.222 e. The number of anilines is 2. The first-order valence-electron chi connectivity index (χ1n) is 8.32. The Morgan fingerprint density at radius 3 is 3.09 bits per heavy atom. The Morgan fingerprint density at radius 2 is 2.22 bits per heavy atom. The molecule has 3 N–H and O–H groups in total. The number of ether oxygens (including phenoxy) is 1. The number of hydrogen-bond acceptors (Lipinski definition) is 7. The average molecular weight is 333 g/mol. The Labute approximate surface area is 140 Å². The molecule has 2 aromatic rings. The van der Waals surface area contributed by atoms with Gasteiger partial charge in [0.05, 0.1) is 16.3 Å². The highest BCUT2D eigenvalue weighted by molar-refractivity contribution is 7.19. The maximum absolute atomic E-state index is 6.04. The van der Waals surface area contributed by atoms with Crippen LogP contribution in [0.5, 0.6) is 0 Å². The Balaban J connectivity index is 1.81. The van der Waals surface area contributed by atoms with E-state index < -0.39 is 0 Å². The normalized spacial score (nSPS) is 22.1. The van der Waals surface area contributed by atoms with Gasteiger partial charge < -0.3 is 20.7 Å². The van der Waals surface area contributed by atoms with Crippen molar-refractivity contribution in [3.8, 4) is 0 Å². The van der Waals surface area contributed by atoms with E-state index >= 15 is 0 Å². The van der Waals surface area contributed by atoms with Gasteiger partial charge in [-0.15, -0.1) is 11.3 Å². The fraction of sp³-hybridized carbons (Fsp3) is 0.625. The van der Waals surface area contributed by atoms with Gasteiger partial charge in [-0.25, -0.2) is 4.98 Å². The molecular formula is C16H23N5OS. The summed E-state index contributed by atoms with van der Waals surface area (Å²) in [5.41, 5.74) is 8.41. The summed E-state index contributed by atoms with van der Waals surface area (Å²) >= 11 is 1.85. The van der Waals surface area contributed by atoms with Crippen molar-refractivity contribution in [2.45, 2.75) is 31.8 Å². The van der Waals surface area contributed by atoms with Gasteiger partial charge in [0.15, 0.2) is 5.82 Å². The first-order chi connectivity index (χ1) is 11.3. The molecule has 4 rings (SSSR count). The number of rotatable bonds is 2. The summed E-state index contributed by atoms with van der Waals surface area (Å²) in [6.45, 7) is 4.04. The molecular weight excluding hydrogens is 310 g/mol. The zero-order valence-corrected chi connectivity index (χ0v) is 14.3. The van der Waals surface area contributed by atoms with Crippen LogP contribution in [0.25, 0.3) is 10.2 Å². The molecule has 124 valence electrons. The van der Waals surface area contributed by atoms with Crippen molar-refractivity contribution in [1.82, 2.24) is 15.3 Å². The lowest BCUT2D eigenvalue weighted by Crippen LogP contribution is -2.29. The molecule has 2 aromatic heterocycles. The largest absolute Gasteiger partial charge is 0.381 e. The molecule has 6 nitrogen and oxygen atoms in total. The summed E-state index contributed by atoms with van der Waals surface area (Å²) in [6.07, 6.45) is 4.51. The number of nitrogens with one attached hydrogen (secondary N) is 1. The first-order valence-corrected chi connectivity index (χ1v) is 9.14. The molecule has 1 aliphatic carbocycles. The molecule has 0 bridgehead atoms. The van der Waals surface area contributed by atoms with Gasteiger partial charge in [0.2, 0.25) is 5.95 Å². The molecule has 1 saturated heterocycles. The van der Waals surface area contributed by atoms with Gasteiger partial charge >= 0.3 is 0 Å². The summed E-state index contributed by atoms with van der Waals surface area (Å²) in [5.74, 6) is 1.40. The van der Waals surface area contributed by atoms with Gasteiger partial charge in [-0.05, 0) is 31.4 Å². The molecule has 0 radical (unpaired) electrons. The molecule has 1 aliphatic heterocycles. The lowest BCUT2D eigenvalue weighted by atomic mass is 9.95. The number of fused-ring (bicyclic) bond motifs is 3. The molecule has 0 spiro atoms. The third kappa shape index (κ3) is 2.77. The van der Waals surface area contributed by atoms with E-state index in [1.165, 1.54) is 15.1 Å². The number of aryl methyl sites for hydroxylation is 1. The Morgan fingerprint density at radius 1 is 1.30 bits per heavy atom. The smallest absolute Gasteiger partial charge is 0.222 e. The van der Waals surface area contributed by atoms with Crippen LogP contribution >= 0.6 is 11.3 Å². The lowest BCUT2D eigenvalue weighted by molar-refractivity contribution is 0.0919. The standard InChI is InChI=1S/C16H23N5OS/c1-22-10-3-4-12-11(9-10)13-14(23-12)15(20-16(17)19-13)21-7-2-5-18-6-8-21/h10,18H,2-9H2,1H3,(H2,17,19,20). The Kier molecular flexibility index (Phi) is 4.09. The second-order valence-corrected chi connectivity index (χ2v) is 7.38. The van der Waals surface area contributed by atoms with E-state index in [2.05, 4.69) is 20.2 Å². The van der Waals surface area contributed by atoms with Gasteiger partial charge in [-0.2, -0.15) is 4.98 Å². The molecule has 3 heterocycles. The van der Waals surface area contributed by atoms with E-state index in [4.69, 9.17) is 10.5 Å². The number of thiophene rings is 1. The fourth-order valence-electron chi connectivity index (χ4n) is 3.58. The highest BCUT2D eigenvalue weighted by Crippen LogP contribution is 2.40. The summed E-state index contributed by atoms with van der Waals surface area (Å²) < 4.78 is 6.77. The van der Waals surface area contributed by atoms with E-state index in [9.17, 15) is 0 Å². The van der Waals surface area contributed by atoms with E-state index in [1.807, 2.05) is 11.3 Å². The monoisotopic (exact) mass is 333 g/mol. The van der Waals surface area contributed by atoms with E-state index in [1.54, 1.807) is 7.11 Å². The Bertz CT molecular complexity index is 708. The van der Waals surface area contributed by atoms with Crippen molar-refractivity contribution in [3.05, 3.63) is 10.4 Å². The SMILES string of the molecule is COC1CCc2sc3c(N4CCCNCC4)nc(N)nc3c2C1. The van der Waals surface area contributed by atoms with Gasteiger partial charge in [0.25, 0.3) is 0 Å². The van der Waals surface area contributed by atoms with E-state index in [0.29, 0.717) is 12.1 Å². The highest BCUT2D eigenvalue weighted by atomic mass is 32.1. The van der Waals surface area contributed by atoms with Crippen molar-refractivity contribution < 1.29 is 4.74 Å². The maximum atomic E-state index is 6.04. The number of aromatic nitrogens is 2. The van der Waals surface area contributed by atoms with E-state index in [0.717, 1.165) is 63.2 Å². The van der Waals surface area contributed by atoms with Crippen molar-refractivity contribution in [2.24, 2.45) is 0 Å². The van der Waals surface area contributed by atoms with Crippen LogP contribution in [0, 0.1) is 0 Å². The fourth-order valence-corrected chi connectivity index (χ4v) is 4.88. The predicted octanol–water partition coefficient (Wildman–Crippen LogP) is 1.58. The molecule has 0 saturated carbocycles. The predicted molar refractivity (Wildman–Crippen MR) is 94.3 cm³/mol. The van der Waals surface area contributed by atoms with Crippen molar-refractivity contribution in [1.29, 1.82) is 0 Å². The van der Waals surface area contributed by atoms with Gasteiger partial charge in [-0.3, -0.25) is 0 Å². The molecule has 23 heavy (non-hydrogen) atoms. The number of nitrogens with two attached hydrogens (primary N) is 1. The number of nitrogens with zero attached hydrogens (tertiary/aromatic N) is 3. The van der Waals surface area contributed by atoms with Crippen molar-refractivity contribution in [2.75, 3.05) is 43.9 Å². The number of hydrogen-bond donors (Lipinski definition) is 2. The van der Waals surface area contributed by atoms with Gasteiger partial charge in [-0.1, -0.05) is 0 Å². The summed E-state index contributed by atoms with van der Waals surface area (Å²) in [5, 5.41) is 3.44. The molecule has 0 aromatic carbocycles. The van der Waals surface area contributed by atoms with Gasteiger partial charge in [0, 0.05) is 38.0 Å². The minimum absolute atomic E-state index is 0.294. The first kappa shape index (κ1) is 15.1. The second-order valence-electron chi connectivity index (χ2n) is 6.28. The van der Waals surface area contributed by atoms with Crippen LogP contribution in [0.3, 0.4) is 0 Å². The van der Waals surface area contributed by atoms with Crippen LogP contribution in [0.2, 0.25) is 0 Å². The minimum atomic E-state index is 0.294. The zero-order valence-electron chi connectivity index (χ0n) is 13.5. The third-order valence-electron chi connectivity index (χ3n) is 4.81. The quantitative estimate of drug-likeness (QED) is 0.869. The van der Waals surface area contributed by atoms with Crippen LogP contribution in [-0.4, -0.2) is 49.4 Å². The average Bonchev–Trinajstić information content (AvgIpc) is 2.75. The zero-order chi connectivity index (χ0) is 15.8. The van der Waals surface area contributed by atoms with Crippen LogP contribution in [0.15, 0.2) is 0 Å². The molecule has 2 aliphatic rings. The molecule has 1 atom stereocenters. The van der Waals surface area contributed by atoms with Crippen LogP contribution < -0.4 is 16.0 Å². The number of methoxy groups -OCH3 is 1. The topological polar surface area (TPSA) is 76.3 Å². The van der Waals surface area contributed by atoms with Crippen LogP contribution in [0.4, 0.5) is 11.8 Å². The second kappa shape index (κ2) is 6.22. The number of nitrogen functional groups attached to an aromatic ring is 1. The highest BCUT2D eigenvalue weighted by Gasteiger charge is 2.26. The lowest BCUT2D eigenvalue weighted by Gasteiger charge is -2.22. The summed E-state index contributed by atoms with van der Waals surface area (Å²) in [4.78, 5) is 13.0. The van der Waals surface area contributed by atoms with Crippen molar-refractivity contribution in [3.63, 3.8) is 0 Å². The third-order valence-corrected chi connectivity index (χ3v) is 6.09. The minimum Gasteiger partial charge on any atom is -0.381 e. The molecule has 0 amide bonds. The van der Waals surface area contributed by atoms with Gasteiger partial charge in [0.1, 0.15) is 0 Å². The van der Waals surface area contributed by atoms with Crippen molar-refractivity contribution >= 4 is 33.3 Å². The summed E-state index contributed by atoms with van der Waals surface area (Å²) in [7, 11) is 1.79. The molecule has 7 heteroatoms. The van der Waals surface area contributed by atoms with E-state index in [-0.39, 0.29) is 0 Å². The molecule has 1 unspecified atom stereocenters. The van der Waals surface area contributed by atoms with Crippen LogP contribution in [-0.2, 0) is 17.6 Å². The summed E-state index contributed by atoms with van der Waals surface area (Å²) in [6, 6.07) is 0. The Hall–Kier alpha value is -1.44. The molecule has 1 fully saturated rings. The van der Waals surface area contributed by atoms with Crippen LogP contribution in [0.1, 0.15) is 23.3 Å².